The number of nitrogens with two attached hydrogens (primary N) is 1. The second-order valence-electron chi connectivity index (χ2n) is 4.65. The molecule has 3 nitrogen and oxygen atoms in total. The molecule has 0 radical (unpaired) electrons. The van der Waals surface area contributed by atoms with Gasteiger partial charge in [-0.05, 0) is 30.9 Å². The van der Waals surface area contributed by atoms with E-state index in [2.05, 4.69) is 0 Å². The highest BCUT2D eigenvalue weighted by Gasteiger charge is 2.34. The van der Waals surface area contributed by atoms with Crippen molar-refractivity contribution in [2.45, 2.75) is 18.9 Å². The van der Waals surface area contributed by atoms with E-state index < -0.39 is 11.6 Å². The molecule has 1 fully saturated rings. The molecular weight excluding hydrogens is 236 g/mol. The number of rotatable bonds is 4. The van der Waals surface area contributed by atoms with Crippen LogP contribution in [0.5, 0.6) is 0 Å². The lowest BCUT2D eigenvalue weighted by atomic mass is 10.1. The van der Waals surface area contributed by atoms with E-state index in [4.69, 9.17) is 11.0 Å². The van der Waals surface area contributed by atoms with Crippen LogP contribution in [-0.4, -0.2) is 19.6 Å². The number of anilines is 1. The van der Waals surface area contributed by atoms with Crippen LogP contribution in [0.15, 0.2) is 12.1 Å². The van der Waals surface area contributed by atoms with Gasteiger partial charge in [0.15, 0.2) is 11.6 Å². The van der Waals surface area contributed by atoms with Crippen LogP contribution < -0.4 is 10.6 Å². The first-order valence-electron chi connectivity index (χ1n) is 5.90. The van der Waals surface area contributed by atoms with Crippen molar-refractivity contribution in [3.05, 3.63) is 29.3 Å². The van der Waals surface area contributed by atoms with Crippen LogP contribution in [-0.2, 0) is 0 Å². The smallest absolute Gasteiger partial charge is 0.150 e. The zero-order chi connectivity index (χ0) is 13.3. The summed E-state index contributed by atoms with van der Waals surface area (Å²) in [5, 5.41) is 8.65. The Morgan fingerprint density at radius 1 is 1.44 bits per heavy atom. The fourth-order valence-electron chi connectivity index (χ4n) is 2.28. The Kier molecular flexibility index (Phi) is 3.48. The quantitative estimate of drug-likeness (QED) is 0.890. The summed E-state index contributed by atoms with van der Waals surface area (Å²) < 4.78 is 27.7. The summed E-state index contributed by atoms with van der Waals surface area (Å²) >= 11 is 0. The minimum atomic E-state index is -0.715. The van der Waals surface area contributed by atoms with Gasteiger partial charge in [-0.3, -0.25) is 0 Å². The zero-order valence-electron chi connectivity index (χ0n) is 10.2. The molecule has 0 amide bonds. The molecule has 1 saturated carbocycles. The summed E-state index contributed by atoms with van der Waals surface area (Å²) in [6.07, 6.45) is 2.09. The van der Waals surface area contributed by atoms with Crippen LogP contribution in [0.3, 0.4) is 0 Å². The minimum Gasteiger partial charge on any atom is -0.365 e. The third-order valence-corrected chi connectivity index (χ3v) is 3.40. The van der Waals surface area contributed by atoms with Gasteiger partial charge in [0.25, 0.3) is 0 Å². The fourth-order valence-corrected chi connectivity index (χ4v) is 2.28. The number of nitrogens with zero attached hydrogens (tertiary/aromatic N) is 2. The molecule has 96 valence electrons. The highest BCUT2D eigenvalue weighted by atomic mass is 19.1. The minimum absolute atomic E-state index is 0.0159. The molecule has 0 bridgehead atoms. The molecule has 1 aromatic rings. The van der Waals surface area contributed by atoms with Gasteiger partial charge >= 0.3 is 0 Å². The van der Waals surface area contributed by atoms with E-state index in [1.54, 1.807) is 18.0 Å². The van der Waals surface area contributed by atoms with Crippen molar-refractivity contribution in [3.63, 3.8) is 0 Å². The standard InChI is InChI=1S/C13H15F2N3/c1-18(12(7-17)9-2-3-9)13-10(14)4-8(6-16)5-11(13)15/h4-5,9,12H,2-3,7,17H2,1H3. The van der Waals surface area contributed by atoms with E-state index in [0.717, 1.165) is 25.0 Å². The van der Waals surface area contributed by atoms with E-state index in [9.17, 15) is 8.78 Å². The number of likely N-dealkylation sites (N-methyl/N-ethyl adjacent to an activating group) is 1. The molecule has 1 aliphatic rings. The van der Waals surface area contributed by atoms with Crippen LogP contribution in [0.4, 0.5) is 14.5 Å². The highest BCUT2D eigenvalue weighted by molar-refractivity contribution is 5.53. The lowest BCUT2D eigenvalue weighted by Gasteiger charge is -2.29. The summed E-state index contributed by atoms with van der Waals surface area (Å²) in [6, 6.07) is 3.78. The molecule has 2 N–H and O–H groups in total. The third-order valence-electron chi connectivity index (χ3n) is 3.40. The van der Waals surface area contributed by atoms with Crippen LogP contribution in [0.2, 0.25) is 0 Å². The average molecular weight is 251 g/mol. The van der Waals surface area contributed by atoms with Crippen molar-refractivity contribution in [2.75, 3.05) is 18.5 Å². The summed E-state index contributed by atoms with van der Waals surface area (Å²) in [6.45, 7) is 0.361. The van der Waals surface area contributed by atoms with Crippen LogP contribution in [0.25, 0.3) is 0 Å². The lowest BCUT2D eigenvalue weighted by molar-refractivity contribution is 0.526. The topological polar surface area (TPSA) is 53.0 Å². The number of hydrogen-bond donors (Lipinski definition) is 1. The van der Waals surface area contributed by atoms with Crippen LogP contribution in [0.1, 0.15) is 18.4 Å². The SMILES string of the molecule is CN(c1c(F)cc(C#N)cc1F)C(CN)C1CC1. The Morgan fingerprint density at radius 2 is 2.00 bits per heavy atom. The molecule has 18 heavy (non-hydrogen) atoms. The molecular formula is C13H15F2N3. The molecule has 1 atom stereocenters. The molecule has 0 aromatic heterocycles. The predicted octanol–water partition coefficient (Wildman–Crippen LogP) is 2.01. The van der Waals surface area contributed by atoms with Gasteiger partial charge in [-0.25, -0.2) is 8.78 Å². The second-order valence-corrected chi connectivity index (χ2v) is 4.65. The van der Waals surface area contributed by atoms with Gasteiger partial charge in [0.1, 0.15) is 5.69 Å². The number of hydrogen-bond acceptors (Lipinski definition) is 3. The largest absolute Gasteiger partial charge is 0.365 e. The Labute approximate surface area is 105 Å². The molecule has 0 saturated heterocycles. The molecule has 1 aromatic carbocycles. The first kappa shape index (κ1) is 12.8. The van der Waals surface area contributed by atoms with E-state index in [1.807, 2.05) is 0 Å². The molecule has 2 rings (SSSR count). The van der Waals surface area contributed by atoms with Gasteiger partial charge in [-0.1, -0.05) is 0 Å². The zero-order valence-corrected chi connectivity index (χ0v) is 10.2. The Bertz CT molecular complexity index is 468. The van der Waals surface area contributed by atoms with Crippen molar-refractivity contribution in [1.82, 2.24) is 0 Å². The average Bonchev–Trinajstić information content (AvgIpc) is 3.13. The van der Waals surface area contributed by atoms with Gasteiger partial charge in [-0.2, -0.15) is 5.26 Å². The summed E-state index contributed by atoms with van der Waals surface area (Å²) in [4.78, 5) is 1.56. The van der Waals surface area contributed by atoms with Crippen molar-refractivity contribution in [2.24, 2.45) is 11.7 Å². The van der Waals surface area contributed by atoms with Gasteiger partial charge < -0.3 is 10.6 Å². The summed E-state index contributed by atoms with van der Waals surface area (Å²) in [5.41, 5.74) is 5.55. The predicted molar refractivity (Wildman–Crippen MR) is 65.0 cm³/mol. The molecule has 1 unspecified atom stereocenters. The van der Waals surface area contributed by atoms with E-state index in [-0.39, 0.29) is 17.3 Å². The normalized spacial score (nSPS) is 16.2. The maximum Gasteiger partial charge on any atom is 0.150 e. The monoisotopic (exact) mass is 251 g/mol. The maximum atomic E-state index is 13.9. The third kappa shape index (κ3) is 2.29. The van der Waals surface area contributed by atoms with Crippen LogP contribution >= 0.6 is 0 Å². The van der Waals surface area contributed by atoms with Crippen molar-refractivity contribution < 1.29 is 8.78 Å². The first-order chi connectivity index (χ1) is 8.58. The Balaban J connectivity index is 2.35. The van der Waals surface area contributed by atoms with E-state index in [1.165, 1.54) is 0 Å². The Hall–Kier alpha value is -1.67. The number of halogens is 2. The van der Waals surface area contributed by atoms with Gasteiger partial charge in [0, 0.05) is 19.6 Å². The lowest BCUT2D eigenvalue weighted by Crippen LogP contribution is -2.40. The first-order valence-corrected chi connectivity index (χ1v) is 5.90. The Morgan fingerprint density at radius 3 is 2.39 bits per heavy atom. The number of benzene rings is 1. The maximum absolute atomic E-state index is 13.9. The van der Waals surface area contributed by atoms with Crippen molar-refractivity contribution in [3.8, 4) is 6.07 Å². The second kappa shape index (κ2) is 4.91. The van der Waals surface area contributed by atoms with Gasteiger partial charge in [0.05, 0.1) is 11.6 Å². The van der Waals surface area contributed by atoms with Gasteiger partial charge in [0.2, 0.25) is 0 Å². The molecule has 5 heteroatoms. The fraction of sp³-hybridized carbons (Fsp3) is 0.462. The van der Waals surface area contributed by atoms with Crippen molar-refractivity contribution in [1.29, 1.82) is 5.26 Å². The molecule has 0 aliphatic heterocycles. The van der Waals surface area contributed by atoms with Gasteiger partial charge in [-0.15, -0.1) is 0 Å². The number of nitriles is 1. The molecule has 1 aliphatic carbocycles. The molecule has 0 spiro atoms. The highest BCUT2D eigenvalue weighted by Crippen LogP contribution is 2.37. The molecule has 0 heterocycles. The van der Waals surface area contributed by atoms with Crippen LogP contribution in [0, 0.1) is 28.9 Å². The summed E-state index contributed by atoms with van der Waals surface area (Å²) in [5.74, 6) is -1.02. The summed E-state index contributed by atoms with van der Waals surface area (Å²) in [7, 11) is 1.64. The van der Waals surface area contributed by atoms with E-state index in [0.29, 0.717) is 12.5 Å². The van der Waals surface area contributed by atoms with Crippen molar-refractivity contribution >= 4 is 5.69 Å². The van der Waals surface area contributed by atoms with E-state index >= 15 is 0 Å².